The van der Waals surface area contributed by atoms with Crippen molar-refractivity contribution in [1.29, 1.82) is 0 Å². The third-order valence-electron chi connectivity index (χ3n) is 7.25. The molecule has 1 saturated carbocycles. The Morgan fingerprint density at radius 1 is 1.05 bits per heavy atom. The van der Waals surface area contributed by atoms with E-state index in [1.807, 2.05) is 16.8 Å². The summed E-state index contributed by atoms with van der Waals surface area (Å²) in [5, 5.41) is 3.77. The minimum absolute atomic E-state index is 0.111. The van der Waals surface area contributed by atoms with E-state index in [0.717, 1.165) is 17.5 Å². The van der Waals surface area contributed by atoms with Gasteiger partial charge in [0, 0.05) is 49.5 Å². The van der Waals surface area contributed by atoms with Crippen LogP contribution in [0.2, 0.25) is 0 Å². The van der Waals surface area contributed by atoms with Gasteiger partial charge < -0.3 is 10.1 Å². The maximum atomic E-state index is 13.1. The van der Waals surface area contributed by atoms with Crippen LogP contribution in [0.5, 0.6) is 5.75 Å². The maximum Gasteiger partial charge on any atom is 0.387 e. The smallest absolute Gasteiger partial charge is 0.387 e. The highest BCUT2D eigenvalue weighted by atomic mass is 19.3. The van der Waals surface area contributed by atoms with Crippen LogP contribution < -0.4 is 15.6 Å². The highest BCUT2D eigenvalue weighted by Gasteiger charge is 2.30. The Bertz CT molecular complexity index is 1530. The van der Waals surface area contributed by atoms with Crippen molar-refractivity contribution in [2.75, 3.05) is 11.9 Å². The zero-order valence-corrected chi connectivity index (χ0v) is 19.9. The molecule has 1 aliphatic heterocycles. The fourth-order valence-corrected chi connectivity index (χ4v) is 5.48. The van der Waals surface area contributed by atoms with Gasteiger partial charge >= 0.3 is 6.61 Å². The van der Waals surface area contributed by atoms with Crippen molar-refractivity contribution >= 4 is 22.6 Å². The van der Waals surface area contributed by atoms with E-state index in [4.69, 9.17) is 4.74 Å². The lowest BCUT2D eigenvalue weighted by molar-refractivity contribution is -0.117. The molecule has 6 rings (SSSR count). The molecule has 0 saturated heterocycles. The number of ether oxygens (including phenoxy) is 1. The van der Waals surface area contributed by atoms with Gasteiger partial charge in [0.2, 0.25) is 5.95 Å². The molecule has 4 aromatic rings. The molecule has 1 N–H and O–H groups in total. The molecule has 190 valence electrons. The number of para-hydroxylation sites is 1. The van der Waals surface area contributed by atoms with Crippen LogP contribution in [0.1, 0.15) is 37.3 Å². The summed E-state index contributed by atoms with van der Waals surface area (Å²) in [6, 6.07) is 12.0. The number of fused-ring (bicyclic) bond motifs is 3. The first-order chi connectivity index (χ1) is 18.0. The monoisotopic (exact) mass is 505 g/mol. The standard InChI is InChI=1S/C27H25F2N5O3/c28-26(29)37-24-4-2-1-3-20(24)22-9-10-33-25(36)21-8-6-17(12-23(21)34(22)33)18-14-31-27(32-15-18)30-13-16-5-7-19(35)11-16/h1-4,6,8,12,14-16,22,26H,5,7,9-11,13H2,(H,30,31,32)/t16-,22+/m0/s1. The molecule has 3 heterocycles. The maximum absolute atomic E-state index is 13.1. The molecular formula is C27H25F2N5O3. The zero-order valence-electron chi connectivity index (χ0n) is 19.9. The molecular weight excluding hydrogens is 480 g/mol. The molecule has 2 aliphatic rings. The number of halogens is 2. The Labute approximate surface area is 210 Å². The van der Waals surface area contributed by atoms with Gasteiger partial charge in [-0.3, -0.25) is 14.3 Å². The van der Waals surface area contributed by atoms with Gasteiger partial charge in [0.1, 0.15) is 11.5 Å². The average Bonchev–Trinajstić information content (AvgIpc) is 3.59. The van der Waals surface area contributed by atoms with E-state index >= 15 is 0 Å². The minimum Gasteiger partial charge on any atom is -0.434 e. The van der Waals surface area contributed by atoms with E-state index < -0.39 is 6.61 Å². The lowest BCUT2D eigenvalue weighted by Crippen LogP contribution is -2.18. The number of hydrogen-bond donors (Lipinski definition) is 1. The average molecular weight is 506 g/mol. The molecule has 0 spiro atoms. The van der Waals surface area contributed by atoms with Crippen molar-refractivity contribution in [2.24, 2.45) is 5.92 Å². The molecule has 0 amide bonds. The largest absolute Gasteiger partial charge is 0.434 e. The molecule has 8 nitrogen and oxygen atoms in total. The Morgan fingerprint density at radius 3 is 2.62 bits per heavy atom. The molecule has 2 atom stereocenters. The molecule has 2 aromatic carbocycles. The lowest BCUT2D eigenvalue weighted by atomic mass is 10.0. The summed E-state index contributed by atoms with van der Waals surface area (Å²) in [7, 11) is 0. The molecule has 2 aromatic heterocycles. The number of carbonyl (C=O) groups is 1. The van der Waals surface area contributed by atoms with Gasteiger partial charge in [0.05, 0.1) is 16.9 Å². The quantitative estimate of drug-likeness (QED) is 0.394. The van der Waals surface area contributed by atoms with Crippen molar-refractivity contribution < 1.29 is 18.3 Å². The number of nitrogens with zero attached hydrogens (tertiary/aromatic N) is 4. The summed E-state index contributed by atoms with van der Waals surface area (Å²) in [5.41, 5.74) is 2.83. The van der Waals surface area contributed by atoms with Crippen molar-refractivity contribution in [3.8, 4) is 16.9 Å². The van der Waals surface area contributed by atoms with Gasteiger partial charge in [-0.1, -0.05) is 24.3 Å². The lowest BCUT2D eigenvalue weighted by Gasteiger charge is -2.18. The second-order valence-electron chi connectivity index (χ2n) is 9.55. The van der Waals surface area contributed by atoms with Crippen LogP contribution in [0.25, 0.3) is 22.0 Å². The fraction of sp³-hybridized carbons (Fsp3) is 0.333. The highest BCUT2D eigenvalue weighted by molar-refractivity contribution is 5.85. The number of carbonyl (C=O) groups excluding carboxylic acids is 1. The van der Waals surface area contributed by atoms with Gasteiger partial charge in [-0.05, 0) is 42.5 Å². The van der Waals surface area contributed by atoms with Gasteiger partial charge in [-0.2, -0.15) is 8.78 Å². The first-order valence-electron chi connectivity index (χ1n) is 12.3. The molecule has 1 fully saturated rings. The molecule has 10 heteroatoms. The van der Waals surface area contributed by atoms with Gasteiger partial charge in [0.15, 0.2) is 0 Å². The second-order valence-corrected chi connectivity index (χ2v) is 9.55. The predicted molar refractivity (Wildman–Crippen MR) is 134 cm³/mol. The van der Waals surface area contributed by atoms with Crippen molar-refractivity contribution in [3.63, 3.8) is 0 Å². The Balaban J connectivity index is 1.31. The van der Waals surface area contributed by atoms with E-state index in [0.29, 0.717) is 66.5 Å². The minimum atomic E-state index is -2.93. The number of benzene rings is 2. The topological polar surface area (TPSA) is 91.0 Å². The molecule has 0 bridgehead atoms. The van der Waals surface area contributed by atoms with Crippen LogP contribution in [0.4, 0.5) is 14.7 Å². The SMILES string of the molecule is O=C1CC[C@H](CNc2ncc(-c3ccc4c(=O)n5n(c4c3)[C@@H](c3ccccc3OC(F)F)CC5)cn2)C1. The van der Waals surface area contributed by atoms with E-state index in [-0.39, 0.29) is 17.4 Å². The number of hydrogen-bond acceptors (Lipinski definition) is 6. The Kier molecular flexibility index (Phi) is 5.94. The number of nitrogens with one attached hydrogen (secondary N) is 1. The Morgan fingerprint density at radius 2 is 1.86 bits per heavy atom. The number of aromatic nitrogens is 4. The van der Waals surface area contributed by atoms with Gasteiger partial charge in [-0.25, -0.2) is 14.6 Å². The first-order valence-corrected chi connectivity index (χ1v) is 12.3. The molecule has 0 radical (unpaired) electrons. The summed E-state index contributed by atoms with van der Waals surface area (Å²) in [6.07, 6.45) is 6.18. The van der Waals surface area contributed by atoms with Crippen LogP contribution in [0.15, 0.2) is 59.7 Å². The number of rotatable bonds is 7. The molecule has 37 heavy (non-hydrogen) atoms. The number of anilines is 1. The number of ketones is 1. The first kappa shape index (κ1) is 23.3. The summed E-state index contributed by atoms with van der Waals surface area (Å²) in [6.45, 7) is -1.79. The van der Waals surface area contributed by atoms with Crippen molar-refractivity contribution in [2.45, 2.75) is 44.9 Å². The van der Waals surface area contributed by atoms with Gasteiger partial charge in [0.25, 0.3) is 5.56 Å². The Hall–Kier alpha value is -4.08. The zero-order chi connectivity index (χ0) is 25.5. The highest BCUT2D eigenvalue weighted by Crippen LogP contribution is 2.37. The van der Waals surface area contributed by atoms with E-state index in [9.17, 15) is 18.4 Å². The summed E-state index contributed by atoms with van der Waals surface area (Å²) < 4.78 is 34.4. The fourth-order valence-electron chi connectivity index (χ4n) is 5.48. The van der Waals surface area contributed by atoms with Gasteiger partial charge in [-0.15, -0.1) is 0 Å². The van der Waals surface area contributed by atoms with E-state index in [1.54, 1.807) is 41.3 Å². The third kappa shape index (κ3) is 4.36. The normalized spacial score (nSPS) is 19.1. The summed E-state index contributed by atoms with van der Waals surface area (Å²) >= 11 is 0. The van der Waals surface area contributed by atoms with E-state index in [1.165, 1.54) is 6.07 Å². The predicted octanol–water partition coefficient (Wildman–Crippen LogP) is 4.64. The van der Waals surface area contributed by atoms with Crippen LogP contribution >= 0.6 is 0 Å². The van der Waals surface area contributed by atoms with Crippen molar-refractivity contribution in [3.05, 3.63) is 70.8 Å². The van der Waals surface area contributed by atoms with Crippen LogP contribution in [-0.4, -0.2) is 38.3 Å². The number of Topliss-reactive ketones (excluding diaryl/α,β-unsaturated/α-hetero) is 1. The second kappa shape index (κ2) is 9.42. The third-order valence-corrected chi connectivity index (χ3v) is 7.25. The van der Waals surface area contributed by atoms with Crippen molar-refractivity contribution in [1.82, 2.24) is 19.3 Å². The number of alkyl halides is 2. The van der Waals surface area contributed by atoms with Crippen LogP contribution in [0.3, 0.4) is 0 Å². The van der Waals surface area contributed by atoms with Crippen LogP contribution in [0, 0.1) is 5.92 Å². The molecule has 1 aliphatic carbocycles. The van der Waals surface area contributed by atoms with Crippen LogP contribution in [-0.2, 0) is 11.3 Å². The summed E-state index contributed by atoms with van der Waals surface area (Å²) in [4.78, 5) is 33.4. The molecule has 0 unspecified atom stereocenters. The summed E-state index contributed by atoms with van der Waals surface area (Å²) in [5.74, 6) is 1.24. The van der Waals surface area contributed by atoms with E-state index in [2.05, 4.69) is 15.3 Å².